The van der Waals surface area contributed by atoms with Crippen LogP contribution in [0.25, 0.3) is 11.2 Å². The predicted molar refractivity (Wildman–Crippen MR) is 83.5 cm³/mol. The van der Waals surface area contributed by atoms with Crippen LogP contribution in [0.4, 0.5) is 0 Å². The fourth-order valence-corrected chi connectivity index (χ4v) is 2.85. The van der Waals surface area contributed by atoms with Gasteiger partial charge in [0.15, 0.2) is 5.65 Å². The standard InChI is InChI=1S/C15H18ClN5/c1-4-12-14-15(20(3)19-12)21(13(7-16)18-14)9-11-5-6-17-8-10(11)2/h5-6,8H,4,7,9H2,1-3H3. The summed E-state index contributed by atoms with van der Waals surface area (Å²) in [7, 11) is 1.96. The quantitative estimate of drug-likeness (QED) is 0.696. The van der Waals surface area contributed by atoms with E-state index in [0.29, 0.717) is 5.88 Å². The van der Waals surface area contributed by atoms with Crippen molar-refractivity contribution >= 4 is 22.8 Å². The van der Waals surface area contributed by atoms with Crippen molar-refractivity contribution in [2.24, 2.45) is 7.05 Å². The molecule has 6 heteroatoms. The van der Waals surface area contributed by atoms with E-state index >= 15 is 0 Å². The van der Waals surface area contributed by atoms with Crippen molar-refractivity contribution in [1.82, 2.24) is 24.3 Å². The summed E-state index contributed by atoms with van der Waals surface area (Å²) in [4.78, 5) is 8.83. The molecule has 0 saturated carbocycles. The van der Waals surface area contributed by atoms with Gasteiger partial charge in [-0.25, -0.2) is 4.98 Å². The number of alkyl halides is 1. The Morgan fingerprint density at radius 3 is 2.81 bits per heavy atom. The van der Waals surface area contributed by atoms with Gasteiger partial charge in [-0.1, -0.05) is 6.92 Å². The van der Waals surface area contributed by atoms with Crippen molar-refractivity contribution in [2.75, 3.05) is 0 Å². The second kappa shape index (κ2) is 5.48. The molecule has 0 fully saturated rings. The minimum absolute atomic E-state index is 0.391. The third-order valence-corrected chi connectivity index (χ3v) is 4.03. The number of pyridine rings is 1. The van der Waals surface area contributed by atoms with Gasteiger partial charge in [0.2, 0.25) is 0 Å². The van der Waals surface area contributed by atoms with Gasteiger partial charge >= 0.3 is 0 Å². The fraction of sp³-hybridized carbons (Fsp3) is 0.400. The van der Waals surface area contributed by atoms with E-state index in [2.05, 4.69) is 33.5 Å². The number of rotatable bonds is 4. The Balaban J connectivity index is 2.17. The highest BCUT2D eigenvalue weighted by Crippen LogP contribution is 2.22. The first kappa shape index (κ1) is 14.1. The summed E-state index contributed by atoms with van der Waals surface area (Å²) in [6.45, 7) is 4.89. The van der Waals surface area contributed by atoms with E-state index in [9.17, 15) is 0 Å². The van der Waals surface area contributed by atoms with Crippen molar-refractivity contribution in [3.05, 3.63) is 41.1 Å². The third kappa shape index (κ3) is 2.31. The van der Waals surface area contributed by atoms with Crippen molar-refractivity contribution in [1.29, 1.82) is 0 Å². The van der Waals surface area contributed by atoms with Crippen molar-refractivity contribution in [2.45, 2.75) is 32.7 Å². The Morgan fingerprint density at radius 2 is 2.14 bits per heavy atom. The molecule has 0 aliphatic rings. The summed E-state index contributed by atoms with van der Waals surface area (Å²) in [6.07, 6.45) is 4.56. The van der Waals surface area contributed by atoms with Crippen molar-refractivity contribution in [3.8, 4) is 0 Å². The van der Waals surface area contributed by atoms with Gasteiger partial charge in [-0.3, -0.25) is 9.67 Å². The number of fused-ring (bicyclic) bond motifs is 1. The van der Waals surface area contributed by atoms with Gasteiger partial charge in [0.05, 0.1) is 18.1 Å². The van der Waals surface area contributed by atoms with Crippen LogP contribution in [0, 0.1) is 6.92 Å². The molecule has 0 aromatic carbocycles. The molecule has 21 heavy (non-hydrogen) atoms. The molecule has 0 amide bonds. The average Bonchev–Trinajstić information content (AvgIpc) is 2.99. The monoisotopic (exact) mass is 303 g/mol. The Kier molecular flexibility index (Phi) is 3.68. The van der Waals surface area contributed by atoms with Crippen LogP contribution in [0.5, 0.6) is 0 Å². The highest BCUT2D eigenvalue weighted by atomic mass is 35.5. The number of imidazole rings is 1. The van der Waals surface area contributed by atoms with Gasteiger partial charge in [0, 0.05) is 19.4 Å². The molecule has 0 bridgehead atoms. The number of hydrogen-bond donors (Lipinski definition) is 0. The lowest BCUT2D eigenvalue weighted by Gasteiger charge is -2.10. The smallest absolute Gasteiger partial charge is 0.159 e. The molecule has 0 radical (unpaired) electrons. The number of nitrogens with zero attached hydrogens (tertiary/aromatic N) is 5. The van der Waals surface area contributed by atoms with Gasteiger partial charge in [-0.05, 0) is 30.5 Å². The molecule has 110 valence electrons. The van der Waals surface area contributed by atoms with E-state index in [4.69, 9.17) is 11.6 Å². The van der Waals surface area contributed by atoms with Gasteiger partial charge in [-0.15, -0.1) is 11.6 Å². The van der Waals surface area contributed by atoms with Gasteiger partial charge in [-0.2, -0.15) is 5.10 Å². The lowest BCUT2D eigenvalue weighted by molar-refractivity contribution is 0.696. The van der Waals surface area contributed by atoms with Crippen LogP contribution in [0.3, 0.4) is 0 Å². The maximum absolute atomic E-state index is 6.09. The SMILES string of the molecule is CCc1nn(C)c2c1nc(CCl)n2Cc1ccncc1C. The maximum atomic E-state index is 6.09. The van der Waals surface area contributed by atoms with E-state index in [1.54, 1.807) is 0 Å². The first-order valence-electron chi connectivity index (χ1n) is 7.02. The van der Waals surface area contributed by atoms with Gasteiger partial charge < -0.3 is 4.57 Å². The Morgan fingerprint density at radius 1 is 1.33 bits per heavy atom. The number of aryl methyl sites for hydroxylation is 3. The molecule has 5 nitrogen and oxygen atoms in total. The summed E-state index contributed by atoms with van der Waals surface area (Å²) in [6, 6.07) is 2.04. The van der Waals surface area contributed by atoms with Crippen LogP contribution >= 0.6 is 11.6 Å². The molecule has 3 rings (SSSR count). The van der Waals surface area contributed by atoms with Gasteiger partial charge in [0.1, 0.15) is 11.3 Å². The molecule has 3 heterocycles. The topological polar surface area (TPSA) is 48.5 Å². The fourth-order valence-electron chi connectivity index (χ4n) is 2.64. The molecule has 0 N–H and O–H groups in total. The number of halogens is 1. The second-order valence-corrected chi connectivity index (χ2v) is 5.41. The largest absolute Gasteiger partial charge is 0.307 e. The maximum Gasteiger partial charge on any atom is 0.159 e. The Bertz CT molecular complexity index is 787. The van der Waals surface area contributed by atoms with Crippen LogP contribution in [0.2, 0.25) is 0 Å². The molecular weight excluding hydrogens is 286 g/mol. The Hall–Kier alpha value is -1.88. The summed E-state index contributed by atoms with van der Waals surface area (Å²) < 4.78 is 4.05. The molecule has 0 aliphatic heterocycles. The minimum Gasteiger partial charge on any atom is -0.307 e. The molecule has 0 unspecified atom stereocenters. The van der Waals surface area contributed by atoms with E-state index in [1.165, 1.54) is 5.56 Å². The molecule has 0 atom stereocenters. The van der Waals surface area contributed by atoms with E-state index < -0.39 is 0 Å². The number of aromatic nitrogens is 5. The predicted octanol–water partition coefficient (Wildman–Crippen LogP) is 2.82. The first-order chi connectivity index (χ1) is 10.2. The summed E-state index contributed by atoms with van der Waals surface area (Å²) in [5, 5.41) is 4.55. The van der Waals surface area contributed by atoms with E-state index in [0.717, 1.165) is 41.2 Å². The molecule has 3 aromatic rings. The van der Waals surface area contributed by atoms with Crippen LogP contribution in [-0.4, -0.2) is 24.3 Å². The minimum atomic E-state index is 0.391. The zero-order valence-electron chi connectivity index (χ0n) is 12.5. The third-order valence-electron chi connectivity index (χ3n) is 3.79. The first-order valence-corrected chi connectivity index (χ1v) is 7.55. The Labute approximate surface area is 128 Å². The molecule has 3 aromatic heterocycles. The lowest BCUT2D eigenvalue weighted by Crippen LogP contribution is -2.08. The number of hydrogen-bond acceptors (Lipinski definition) is 3. The van der Waals surface area contributed by atoms with Crippen molar-refractivity contribution < 1.29 is 0 Å². The van der Waals surface area contributed by atoms with Crippen LogP contribution < -0.4 is 0 Å². The summed E-state index contributed by atoms with van der Waals surface area (Å²) in [5.41, 5.74) is 5.39. The van der Waals surface area contributed by atoms with E-state index in [1.807, 2.05) is 30.2 Å². The highest BCUT2D eigenvalue weighted by molar-refractivity contribution is 6.16. The highest BCUT2D eigenvalue weighted by Gasteiger charge is 2.18. The molecular formula is C15H18ClN5. The molecule has 0 aliphatic carbocycles. The summed E-state index contributed by atoms with van der Waals surface area (Å²) >= 11 is 6.09. The normalized spacial score (nSPS) is 11.4. The van der Waals surface area contributed by atoms with E-state index in [-0.39, 0.29) is 0 Å². The molecule has 0 spiro atoms. The second-order valence-electron chi connectivity index (χ2n) is 5.15. The molecule has 0 saturated heterocycles. The van der Waals surface area contributed by atoms with Crippen LogP contribution in [0.1, 0.15) is 29.6 Å². The average molecular weight is 304 g/mol. The van der Waals surface area contributed by atoms with Gasteiger partial charge in [0.25, 0.3) is 0 Å². The lowest BCUT2D eigenvalue weighted by atomic mass is 10.1. The van der Waals surface area contributed by atoms with Crippen molar-refractivity contribution in [3.63, 3.8) is 0 Å². The van der Waals surface area contributed by atoms with Crippen LogP contribution in [-0.2, 0) is 25.9 Å². The van der Waals surface area contributed by atoms with Crippen LogP contribution in [0.15, 0.2) is 18.5 Å². The zero-order valence-corrected chi connectivity index (χ0v) is 13.2. The zero-order chi connectivity index (χ0) is 15.0. The summed E-state index contributed by atoms with van der Waals surface area (Å²) in [5.74, 6) is 1.27.